The maximum atomic E-state index is 11.4. The Hall–Kier alpha value is -0.540. The molecule has 0 N–H and O–H groups in total. The molecule has 1 aliphatic carbocycles. The second kappa shape index (κ2) is 3.24. The maximum Gasteiger partial charge on any atom is 0.152 e. The third-order valence-electron chi connectivity index (χ3n) is 2.65. The molecule has 0 heterocycles. The van der Waals surface area contributed by atoms with Crippen molar-refractivity contribution in [2.75, 3.05) is 6.26 Å². The lowest BCUT2D eigenvalue weighted by Gasteiger charge is -2.11. The topological polar surface area (TPSA) is 34.1 Å². The van der Waals surface area contributed by atoms with Crippen molar-refractivity contribution in [1.82, 2.24) is 0 Å². The van der Waals surface area contributed by atoms with E-state index in [9.17, 15) is 8.42 Å². The lowest BCUT2D eigenvalue weighted by molar-refractivity contribution is 0.585. The third-order valence-corrected chi connectivity index (χ3v) is 4.88. The minimum absolute atomic E-state index is 0.388. The number of benzene rings is 1. The van der Waals surface area contributed by atoms with Crippen molar-refractivity contribution >= 4 is 21.4 Å². The maximum absolute atomic E-state index is 11.4. The molecular weight excluding hydrogens is 220 g/mol. The molecule has 1 aromatic carbocycles. The molecule has 0 saturated heterocycles. The average Bonchev–Trinajstić information content (AvgIpc) is 2.44. The van der Waals surface area contributed by atoms with Crippen LogP contribution in [0.1, 0.15) is 16.5 Å². The van der Waals surface area contributed by atoms with Crippen LogP contribution in [0, 0.1) is 0 Å². The van der Waals surface area contributed by atoms with Crippen LogP contribution in [-0.2, 0) is 16.3 Å². The SMILES string of the molecule is CS(=O)(=O)[C@@H]1Cc2ccccc2[C@H]1Cl. The molecule has 0 amide bonds. The van der Waals surface area contributed by atoms with Crippen molar-refractivity contribution in [2.45, 2.75) is 17.0 Å². The molecule has 0 unspecified atom stereocenters. The summed E-state index contributed by atoms with van der Waals surface area (Å²) in [6.07, 6.45) is 1.79. The fourth-order valence-corrected chi connectivity index (χ4v) is 3.80. The Morgan fingerprint density at radius 3 is 2.57 bits per heavy atom. The van der Waals surface area contributed by atoms with E-state index >= 15 is 0 Å². The van der Waals surface area contributed by atoms with Gasteiger partial charge in [-0.1, -0.05) is 24.3 Å². The highest BCUT2D eigenvalue weighted by Crippen LogP contribution is 2.39. The molecule has 0 radical (unpaired) electrons. The van der Waals surface area contributed by atoms with Crippen molar-refractivity contribution in [1.29, 1.82) is 0 Å². The average molecular weight is 231 g/mol. The standard InChI is InChI=1S/C10H11ClO2S/c1-14(12,13)9-6-7-4-2-3-5-8(7)10(9)11/h2-5,9-10H,6H2,1H3/t9-,10-/m1/s1. The van der Waals surface area contributed by atoms with Crippen molar-refractivity contribution in [3.63, 3.8) is 0 Å². The van der Waals surface area contributed by atoms with Gasteiger partial charge in [0.2, 0.25) is 0 Å². The van der Waals surface area contributed by atoms with Gasteiger partial charge in [-0.2, -0.15) is 0 Å². The molecule has 1 aromatic rings. The highest BCUT2D eigenvalue weighted by molar-refractivity contribution is 7.91. The van der Waals surface area contributed by atoms with Crippen molar-refractivity contribution in [3.05, 3.63) is 35.4 Å². The Morgan fingerprint density at radius 2 is 2.00 bits per heavy atom. The van der Waals surface area contributed by atoms with E-state index in [1.54, 1.807) is 0 Å². The van der Waals surface area contributed by atoms with E-state index in [4.69, 9.17) is 11.6 Å². The van der Waals surface area contributed by atoms with Crippen LogP contribution in [0.15, 0.2) is 24.3 Å². The number of hydrogen-bond acceptors (Lipinski definition) is 2. The summed E-state index contributed by atoms with van der Waals surface area (Å²) >= 11 is 6.11. The van der Waals surface area contributed by atoms with E-state index in [-0.39, 0.29) is 5.38 Å². The molecule has 14 heavy (non-hydrogen) atoms. The molecule has 4 heteroatoms. The molecule has 76 valence electrons. The van der Waals surface area contributed by atoms with Gasteiger partial charge in [-0.3, -0.25) is 0 Å². The summed E-state index contributed by atoms with van der Waals surface area (Å²) in [4.78, 5) is 0. The van der Waals surface area contributed by atoms with E-state index in [0.29, 0.717) is 6.42 Å². The normalized spacial score (nSPS) is 26.1. The summed E-state index contributed by atoms with van der Waals surface area (Å²) in [5.74, 6) is 0. The summed E-state index contributed by atoms with van der Waals surface area (Å²) in [7, 11) is -3.05. The molecule has 0 spiro atoms. The van der Waals surface area contributed by atoms with Gasteiger partial charge in [-0.15, -0.1) is 11.6 Å². The summed E-state index contributed by atoms with van der Waals surface area (Å²) in [5, 5.41) is -0.845. The number of hydrogen-bond donors (Lipinski definition) is 0. The number of fused-ring (bicyclic) bond motifs is 1. The zero-order valence-electron chi connectivity index (χ0n) is 7.77. The zero-order valence-corrected chi connectivity index (χ0v) is 9.35. The molecule has 0 aliphatic heterocycles. The molecule has 0 saturated carbocycles. The summed E-state index contributed by atoms with van der Waals surface area (Å²) in [6, 6.07) is 7.64. The molecule has 2 atom stereocenters. The van der Waals surface area contributed by atoms with Crippen LogP contribution >= 0.6 is 11.6 Å². The number of rotatable bonds is 1. The van der Waals surface area contributed by atoms with E-state index in [0.717, 1.165) is 11.1 Å². The van der Waals surface area contributed by atoms with Crippen molar-refractivity contribution < 1.29 is 8.42 Å². The minimum atomic E-state index is -3.05. The highest BCUT2D eigenvalue weighted by Gasteiger charge is 2.37. The van der Waals surface area contributed by atoms with E-state index in [2.05, 4.69) is 0 Å². The fourth-order valence-electron chi connectivity index (χ4n) is 1.88. The monoisotopic (exact) mass is 230 g/mol. The van der Waals surface area contributed by atoms with Gasteiger partial charge in [-0.25, -0.2) is 8.42 Å². The Kier molecular flexibility index (Phi) is 2.32. The van der Waals surface area contributed by atoms with Gasteiger partial charge in [0.1, 0.15) is 0 Å². The van der Waals surface area contributed by atoms with Crippen LogP contribution in [0.2, 0.25) is 0 Å². The first kappa shape index (κ1) is 9.99. The van der Waals surface area contributed by atoms with Gasteiger partial charge >= 0.3 is 0 Å². The van der Waals surface area contributed by atoms with Crippen LogP contribution in [-0.4, -0.2) is 19.9 Å². The first-order valence-corrected chi connectivity index (χ1v) is 6.80. The molecule has 0 bridgehead atoms. The van der Waals surface area contributed by atoms with Crippen LogP contribution in [0.3, 0.4) is 0 Å². The Balaban J connectivity index is 2.44. The lowest BCUT2D eigenvalue weighted by Crippen LogP contribution is -2.21. The Labute approximate surface area is 88.8 Å². The van der Waals surface area contributed by atoms with Crippen LogP contribution in [0.4, 0.5) is 0 Å². The smallest absolute Gasteiger partial charge is 0.152 e. The third kappa shape index (κ3) is 1.55. The summed E-state index contributed by atoms with van der Waals surface area (Å²) < 4.78 is 22.9. The molecule has 1 aliphatic rings. The van der Waals surface area contributed by atoms with Gasteiger partial charge < -0.3 is 0 Å². The number of alkyl halides is 1. The molecule has 2 rings (SSSR count). The van der Waals surface area contributed by atoms with Gasteiger partial charge in [0, 0.05) is 6.26 Å². The van der Waals surface area contributed by atoms with E-state index in [1.807, 2.05) is 24.3 Å². The summed E-state index contributed by atoms with van der Waals surface area (Å²) in [5.41, 5.74) is 2.02. The van der Waals surface area contributed by atoms with Crippen molar-refractivity contribution in [3.8, 4) is 0 Å². The number of halogens is 1. The second-order valence-electron chi connectivity index (χ2n) is 3.67. The highest BCUT2D eigenvalue weighted by atomic mass is 35.5. The summed E-state index contributed by atoms with van der Waals surface area (Å²) in [6.45, 7) is 0. The first-order chi connectivity index (χ1) is 6.50. The van der Waals surface area contributed by atoms with E-state index < -0.39 is 15.1 Å². The first-order valence-electron chi connectivity index (χ1n) is 4.41. The molecule has 0 aromatic heterocycles. The quantitative estimate of drug-likeness (QED) is 0.691. The molecule has 0 fully saturated rings. The van der Waals surface area contributed by atoms with Crippen LogP contribution in [0.5, 0.6) is 0 Å². The second-order valence-corrected chi connectivity index (χ2v) is 6.41. The van der Waals surface area contributed by atoms with Gasteiger partial charge in [0.15, 0.2) is 9.84 Å². The molecular formula is C10H11ClO2S. The van der Waals surface area contributed by atoms with Gasteiger partial charge in [0.05, 0.1) is 10.6 Å². The Morgan fingerprint density at radius 1 is 1.36 bits per heavy atom. The predicted octanol–water partition coefficient (Wildman–Crippen LogP) is 1.94. The van der Waals surface area contributed by atoms with E-state index in [1.165, 1.54) is 6.26 Å². The van der Waals surface area contributed by atoms with Crippen LogP contribution in [0.25, 0.3) is 0 Å². The zero-order chi connectivity index (χ0) is 10.3. The largest absolute Gasteiger partial charge is 0.229 e. The minimum Gasteiger partial charge on any atom is -0.229 e. The number of sulfone groups is 1. The Bertz CT molecular complexity index is 453. The lowest BCUT2D eigenvalue weighted by atomic mass is 10.1. The van der Waals surface area contributed by atoms with Crippen molar-refractivity contribution in [2.24, 2.45) is 0 Å². The molecule has 2 nitrogen and oxygen atoms in total. The van der Waals surface area contributed by atoms with Gasteiger partial charge in [-0.05, 0) is 17.5 Å². The predicted molar refractivity (Wildman–Crippen MR) is 57.4 cm³/mol. The van der Waals surface area contributed by atoms with Crippen LogP contribution < -0.4 is 0 Å². The fraction of sp³-hybridized carbons (Fsp3) is 0.400. The van der Waals surface area contributed by atoms with Gasteiger partial charge in [0.25, 0.3) is 0 Å².